The fourth-order valence-electron chi connectivity index (χ4n) is 2.84. The summed E-state index contributed by atoms with van der Waals surface area (Å²) in [5.74, 6) is -1.81. The third kappa shape index (κ3) is 3.75. The van der Waals surface area contributed by atoms with Crippen LogP contribution in [0, 0.1) is 17.7 Å². The number of halogens is 1. The summed E-state index contributed by atoms with van der Waals surface area (Å²) in [5, 5.41) is 9.14. The van der Waals surface area contributed by atoms with E-state index in [1.165, 1.54) is 19.2 Å². The number of carboxylic acid groups (broad SMARTS) is 1. The Morgan fingerprint density at radius 1 is 1.41 bits per heavy atom. The highest BCUT2D eigenvalue weighted by Crippen LogP contribution is 2.23. The summed E-state index contributed by atoms with van der Waals surface area (Å²) in [4.78, 5) is 25.0. The third-order valence-corrected chi connectivity index (χ3v) is 3.93. The van der Waals surface area contributed by atoms with Gasteiger partial charge in [-0.15, -0.1) is 0 Å². The van der Waals surface area contributed by atoms with Gasteiger partial charge in [-0.1, -0.05) is 13.0 Å². The Morgan fingerprint density at radius 3 is 2.73 bits per heavy atom. The van der Waals surface area contributed by atoms with Crippen molar-refractivity contribution in [3.63, 3.8) is 0 Å². The van der Waals surface area contributed by atoms with Gasteiger partial charge in [0.25, 0.3) is 0 Å². The molecule has 5 nitrogen and oxygen atoms in total. The van der Waals surface area contributed by atoms with E-state index < -0.39 is 17.7 Å². The highest BCUT2D eigenvalue weighted by atomic mass is 19.1. The molecular formula is C16H20FNO4. The lowest BCUT2D eigenvalue weighted by molar-refractivity contribution is -0.146. The molecule has 2 unspecified atom stereocenters. The predicted molar refractivity (Wildman–Crippen MR) is 78.1 cm³/mol. The number of piperidine rings is 1. The topological polar surface area (TPSA) is 66.8 Å². The normalized spacial score (nSPS) is 21.5. The number of aliphatic carboxylic acids is 1. The zero-order chi connectivity index (χ0) is 16.3. The first-order valence-corrected chi connectivity index (χ1v) is 7.23. The van der Waals surface area contributed by atoms with Gasteiger partial charge >= 0.3 is 5.97 Å². The maximum absolute atomic E-state index is 13.6. The van der Waals surface area contributed by atoms with Crippen molar-refractivity contribution in [1.29, 1.82) is 0 Å². The van der Waals surface area contributed by atoms with E-state index in [0.29, 0.717) is 18.5 Å². The number of nitrogens with zero attached hydrogens (tertiary/aromatic N) is 1. The van der Waals surface area contributed by atoms with Crippen LogP contribution >= 0.6 is 0 Å². The molecule has 0 aromatic heterocycles. The van der Waals surface area contributed by atoms with E-state index >= 15 is 0 Å². The first kappa shape index (κ1) is 16.3. The maximum atomic E-state index is 13.6. The highest BCUT2D eigenvalue weighted by Gasteiger charge is 2.31. The number of rotatable bonds is 4. The van der Waals surface area contributed by atoms with Crippen molar-refractivity contribution in [2.24, 2.45) is 11.8 Å². The van der Waals surface area contributed by atoms with Crippen molar-refractivity contribution < 1.29 is 23.8 Å². The van der Waals surface area contributed by atoms with Gasteiger partial charge in [-0.05, 0) is 30.0 Å². The van der Waals surface area contributed by atoms with Crippen molar-refractivity contribution >= 4 is 11.9 Å². The van der Waals surface area contributed by atoms with Crippen LogP contribution in [0.1, 0.15) is 18.9 Å². The van der Waals surface area contributed by atoms with Crippen molar-refractivity contribution in [3.8, 4) is 5.75 Å². The molecule has 120 valence electrons. The number of likely N-dealkylation sites (tertiary alicyclic amines) is 1. The summed E-state index contributed by atoms with van der Waals surface area (Å²) in [6.07, 6.45) is 0.635. The van der Waals surface area contributed by atoms with Gasteiger partial charge in [0.2, 0.25) is 5.91 Å². The Balaban J connectivity index is 2.05. The minimum absolute atomic E-state index is 0.0555. The average molecular weight is 309 g/mol. The standard InChI is InChI=1S/C16H20FNO4/c1-10-5-12(16(20)21)9-18(8-10)15(19)7-11-3-4-14(22-2)13(17)6-11/h3-4,6,10,12H,5,7-9H2,1-2H3,(H,20,21). The van der Waals surface area contributed by atoms with Crippen LogP contribution < -0.4 is 4.74 Å². The second kappa shape index (κ2) is 6.77. The van der Waals surface area contributed by atoms with Gasteiger partial charge in [0, 0.05) is 13.1 Å². The second-order valence-corrected chi connectivity index (χ2v) is 5.82. The smallest absolute Gasteiger partial charge is 0.308 e. The lowest BCUT2D eigenvalue weighted by atomic mass is 9.90. The maximum Gasteiger partial charge on any atom is 0.308 e. The van der Waals surface area contributed by atoms with Crippen LogP contribution in [-0.2, 0) is 16.0 Å². The van der Waals surface area contributed by atoms with Crippen molar-refractivity contribution in [1.82, 2.24) is 4.90 Å². The summed E-state index contributed by atoms with van der Waals surface area (Å²) >= 11 is 0. The van der Waals surface area contributed by atoms with Gasteiger partial charge in [0.05, 0.1) is 19.4 Å². The average Bonchev–Trinajstić information content (AvgIpc) is 2.46. The third-order valence-electron chi connectivity index (χ3n) is 3.93. The Bertz CT molecular complexity index is 575. The predicted octanol–water partition coefficient (Wildman–Crippen LogP) is 1.95. The first-order valence-electron chi connectivity index (χ1n) is 7.23. The molecular weight excluding hydrogens is 289 g/mol. The molecule has 1 aromatic carbocycles. The number of hydrogen-bond acceptors (Lipinski definition) is 3. The minimum Gasteiger partial charge on any atom is -0.494 e. The van der Waals surface area contributed by atoms with E-state index in [2.05, 4.69) is 0 Å². The van der Waals surface area contributed by atoms with Gasteiger partial charge in [-0.3, -0.25) is 9.59 Å². The summed E-state index contributed by atoms with van der Waals surface area (Å²) in [6, 6.07) is 4.40. The van der Waals surface area contributed by atoms with Crippen LogP contribution in [0.3, 0.4) is 0 Å². The molecule has 0 radical (unpaired) electrons. The molecule has 0 saturated carbocycles. The Labute approximate surface area is 128 Å². The fraction of sp³-hybridized carbons (Fsp3) is 0.500. The van der Waals surface area contributed by atoms with Gasteiger partial charge < -0.3 is 14.7 Å². The zero-order valence-corrected chi connectivity index (χ0v) is 12.7. The van der Waals surface area contributed by atoms with Gasteiger partial charge in [0.1, 0.15) is 0 Å². The van der Waals surface area contributed by atoms with Crippen molar-refractivity contribution in [2.45, 2.75) is 19.8 Å². The molecule has 1 aromatic rings. The monoisotopic (exact) mass is 309 g/mol. The largest absolute Gasteiger partial charge is 0.494 e. The lowest BCUT2D eigenvalue weighted by Gasteiger charge is -2.34. The highest BCUT2D eigenvalue weighted by molar-refractivity contribution is 5.80. The number of carbonyl (C=O) groups is 2. The molecule has 2 rings (SSSR count). The van der Waals surface area contributed by atoms with Crippen LogP contribution in [0.15, 0.2) is 18.2 Å². The second-order valence-electron chi connectivity index (χ2n) is 5.82. The summed E-state index contributed by atoms with van der Waals surface area (Å²) in [5.41, 5.74) is 0.549. The van der Waals surface area contributed by atoms with E-state index in [1.54, 1.807) is 11.0 Å². The summed E-state index contributed by atoms with van der Waals surface area (Å²) < 4.78 is 18.5. The molecule has 22 heavy (non-hydrogen) atoms. The van der Waals surface area contributed by atoms with Gasteiger partial charge in [0.15, 0.2) is 11.6 Å². The Hall–Kier alpha value is -2.11. The molecule has 1 amide bonds. The summed E-state index contributed by atoms with van der Waals surface area (Å²) in [6.45, 7) is 2.70. The zero-order valence-electron chi connectivity index (χ0n) is 12.7. The van der Waals surface area contributed by atoms with Crippen molar-refractivity contribution in [2.75, 3.05) is 20.2 Å². The molecule has 0 spiro atoms. The molecule has 1 aliphatic heterocycles. The van der Waals surface area contributed by atoms with E-state index in [9.17, 15) is 14.0 Å². The molecule has 1 N–H and O–H groups in total. The van der Waals surface area contributed by atoms with Crippen LogP contribution in [-0.4, -0.2) is 42.1 Å². The van der Waals surface area contributed by atoms with Gasteiger partial charge in [-0.25, -0.2) is 4.39 Å². The van der Waals surface area contributed by atoms with Crippen LogP contribution in [0.4, 0.5) is 4.39 Å². The molecule has 2 atom stereocenters. The number of carbonyl (C=O) groups excluding carboxylic acids is 1. The number of hydrogen-bond donors (Lipinski definition) is 1. The van der Waals surface area contributed by atoms with Crippen LogP contribution in [0.25, 0.3) is 0 Å². The quantitative estimate of drug-likeness (QED) is 0.923. The number of amides is 1. The molecule has 1 saturated heterocycles. The number of carboxylic acids is 1. The van der Waals surface area contributed by atoms with E-state index in [4.69, 9.17) is 9.84 Å². The molecule has 0 aliphatic carbocycles. The molecule has 1 aliphatic rings. The fourth-order valence-corrected chi connectivity index (χ4v) is 2.84. The van der Waals surface area contributed by atoms with Crippen molar-refractivity contribution in [3.05, 3.63) is 29.6 Å². The number of methoxy groups -OCH3 is 1. The lowest BCUT2D eigenvalue weighted by Crippen LogP contribution is -2.46. The van der Waals surface area contributed by atoms with Gasteiger partial charge in [-0.2, -0.15) is 0 Å². The minimum atomic E-state index is -0.875. The van der Waals surface area contributed by atoms with Crippen LogP contribution in [0.5, 0.6) is 5.75 Å². The first-order chi connectivity index (χ1) is 10.4. The Morgan fingerprint density at radius 2 is 2.14 bits per heavy atom. The Kier molecular flexibility index (Phi) is 5.00. The number of ether oxygens (including phenoxy) is 1. The summed E-state index contributed by atoms with van der Waals surface area (Å²) in [7, 11) is 1.38. The van der Waals surface area contributed by atoms with Crippen LogP contribution in [0.2, 0.25) is 0 Å². The molecule has 1 heterocycles. The molecule has 1 fully saturated rings. The van der Waals surface area contributed by atoms with E-state index in [1.807, 2.05) is 6.92 Å². The van der Waals surface area contributed by atoms with E-state index in [-0.39, 0.29) is 30.5 Å². The number of benzene rings is 1. The molecule has 6 heteroatoms. The SMILES string of the molecule is COc1ccc(CC(=O)N2CC(C)CC(C(=O)O)C2)cc1F. The van der Waals surface area contributed by atoms with E-state index in [0.717, 1.165) is 0 Å². The molecule has 0 bridgehead atoms.